The molecule has 1 aliphatic heterocycles. The van der Waals surface area contributed by atoms with Crippen LogP contribution < -0.4 is 5.32 Å². The van der Waals surface area contributed by atoms with E-state index in [0.29, 0.717) is 26.1 Å². The molecular weight excluding hydrogens is 208 g/mol. The van der Waals surface area contributed by atoms with Crippen molar-refractivity contribution < 1.29 is 14.3 Å². The highest BCUT2D eigenvalue weighted by molar-refractivity contribution is 5.89. The van der Waals surface area contributed by atoms with E-state index >= 15 is 0 Å². The average molecular weight is 228 g/mol. The Morgan fingerprint density at radius 3 is 2.75 bits per heavy atom. The van der Waals surface area contributed by atoms with Gasteiger partial charge in [-0.15, -0.1) is 0 Å². The highest BCUT2D eigenvalue weighted by Gasteiger charge is 2.32. The zero-order valence-corrected chi connectivity index (χ0v) is 10.2. The Balaban J connectivity index is 2.56. The first-order valence-corrected chi connectivity index (χ1v) is 5.62. The molecule has 1 rings (SSSR count). The van der Waals surface area contributed by atoms with Crippen LogP contribution in [0.25, 0.3) is 0 Å². The second-order valence-electron chi connectivity index (χ2n) is 4.32. The summed E-state index contributed by atoms with van der Waals surface area (Å²) >= 11 is 0. The van der Waals surface area contributed by atoms with Gasteiger partial charge in [-0.05, 0) is 13.8 Å². The van der Waals surface area contributed by atoms with Gasteiger partial charge in [-0.1, -0.05) is 0 Å². The lowest BCUT2D eigenvalue weighted by molar-refractivity contribution is -0.138. The van der Waals surface area contributed by atoms with Crippen LogP contribution in [0, 0.1) is 5.92 Å². The molecule has 0 radical (unpaired) electrons. The number of amides is 2. The van der Waals surface area contributed by atoms with Crippen LogP contribution in [-0.4, -0.2) is 49.6 Å². The van der Waals surface area contributed by atoms with E-state index in [0.717, 1.165) is 0 Å². The van der Waals surface area contributed by atoms with Crippen LogP contribution in [-0.2, 0) is 14.3 Å². The van der Waals surface area contributed by atoms with Gasteiger partial charge in [0.2, 0.25) is 11.8 Å². The van der Waals surface area contributed by atoms with Crippen LogP contribution in [0.5, 0.6) is 0 Å². The average Bonchev–Trinajstić information content (AvgIpc) is 2.64. The van der Waals surface area contributed by atoms with E-state index < -0.39 is 0 Å². The van der Waals surface area contributed by atoms with Crippen molar-refractivity contribution in [1.82, 2.24) is 10.2 Å². The second-order valence-corrected chi connectivity index (χ2v) is 4.32. The van der Waals surface area contributed by atoms with Crippen molar-refractivity contribution in [3.8, 4) is 0 Å². The van der Waals surface area contributed by atoms with E-state index in [4.69, 9.17) is 4.74 Å². The number of hydrogen-bond donors (Lipinski definition) is 1. The Bertz CT molecular complexity index is 266. The fourth-order valence-corrected chi connectivity index (χ4v) is 1.83. The van der Waals surface area contributed by atoms with Crippen LogP contribution >= 0.6 is 0 Å². The molecule has 92 valence electrons. The van der Waals surface area contributed by atoms with Crippen molar-refractivity contribution in [2.75, 3.05) is 26.8 Å². The lowest BCUT2D eigenvalue weighted by Crippen LogP contribution is -2.43. The molecule has 1 atom stereocenters. The van der Waals surface area contributed by atoms with Crippen molar-refractivity contribution in [3.05, 3.63) is 0 Å². The first kappa shape index (κ1) is 13.0. The molecule has 0 aliphatic carbocycles. The number of carbonyl (C=O) groups is 2. The molecule has 0 spiro atoms. The van der Waals surface area contributed by atoms with Crippen molar-refractivity contribution in [1.29, 1.82) is 0 Å². The van der Waals surface area contributed by atoms with E-state index in [1.54, 1.807) is 12.0 Å². The normalized spacial score (nSPS) is 20.0. The van der Waals surface area contributed by atoms with E-state index in [1.165, 1.54) is 0 Å². The molecule has 0 aromatic carbocycles. The number of nitrogens with zero attached hydrogens (tertiary/aromatic N) is 1. The lowest BCUT2D eigenvalue weighted by Gasteiger charge is -2.28. The number of hydrogen-bond acceptors (Lipinski definition) is 3. The van der Waals surface area contributed by atoms with Gasteiger partial charge in [0.1, 0.15) is 0 Å². The minimum atomic E-state index is -0.202. The van der Waals surface area contributed by atoms with Crippen LogP contribution in [0.15, 0.2) is 0 Å². The summed E-state index contributed by atoms with van der Waals surface area (Å²) < 4.78 is 4.98. The van der Waals surface area contributed by atoms with Crippen LogP contribution in [0.3, 0.4) is 0 Å². The van der Waals surface area contributed by atoms with Gasteiger partial charge in [-0.25, -0.2) is 0 Å². The van der Waals surface area contributed by atoms with Crippen molar-refractivity contribution >= 4 is 11.8 Å². The Morgan fingerprint density at radius 2 is 2.31 bits per heavy atom. The zero-order chi connectivity index (χ0) is 12.1. The van der Waals surface area contributed by atoms with Gasteiger partial charge in [-0.3, -0.25) is 9.59 Å². The maximum atomic E-state index is 12.1. The molecule has 1 fully saturated rings. The molecule has 0 aromatic heterocycles. The summed E-state index contributed by atoms with van der Waals surface area (Å²) in [6, 6.07) is 0.137. The van der Waals surface area contributed by atoms with E-state index in [-0.39, 0.29) is 23.8 Å². The van der Waals surface area contributed by atoms with Gasteiger partial charge in [0.15, 0.2) is 0 Å². The highest BCUT2D eigenvalue weighted by atomic mass is 16.5. The predicted octanol–water partition coefficient (Wildman–Crippen LogP) is 0.00590. The van der Waals surface area contributed by atoms with Gasteiger partial charge in [0.05, 0.1) is 12.5 Å². The summed E-state index contributed by atoms with van der Waals surface area (Å²) in [6.45, 7) is 5.51. The lowest BCUT2D eigenvalue weighted by atomic mass is 10.1. The quantitative estimate of drug-likeness (QED) is 0.721. The second kappa shape index (κ2) is 5.84. The third kappa shape index (κ3) is 3.20. The smallest absolute Gasteiger partial charge is 0.228 e. The number of carbonyl (C=O) groups excluding carboxylic acids is 2. The highest BCUT2D eigenvalue weighted by Crippen LogP contribution is 2.14. The number of rotatable bonds is 5. The molecule has 1 heterocycles. The van der Waals surface area contributed by atoms with E-state index in [1.807, 2.05) is 13.8 Å². The van der Waals surface area contributed by atoms with Gasteiger partial charge in [0.25, 0.3) is 0 Å². The van der Waals surface area contributed by atoms with Crippen LogP contribution in [0.4, 0.5) is 0 Å². The molecule has 5 nitrogen and oxygen atoms in total. The monoisotopic (exact) mass is 228 g/mol. The van der Waals surface area contributed by atoms with Crippen LogP contribution in [0.1, 0.15) is 20.3 Å². The Hall–Kier alpha value is -1.10. The van der Waals surface area contributed by atoms with Gasteiger partial charge in [-0.2, -0.15) is 0 Å². The van der Waals surface area contributed by atoms with E-state index in [9.17, 15) is 9.59 Å². The minimum absolute atomic E-state index is 0.0335. The SMILES string of the molecule is COCCN(C(=O)C1CNC(=O)C1)C(C)C. The largest absolute Gasteiger partial charge is 0.383 e. The number of methoxy groups -OCH3 is 1. The number of nitrogens with one attached hydrogen (secondary N) is 1. The molecule has 1 saturated heterocycles. The summed E-state index contributed by atoms with van der Waals surface area (Å²) in [5.74, 6) is -0.189. The molecular formula is C11H20N2O3. The Labute approximate surface area is 96.1 Å². The minimum Gasteiger partial charge on any atom is -0.383 e. The summed E-state index contributed by atoms with van der Waals surface area (Å²) in [5, 5.41) is 2.68. The third-order valence-corrected chi connectivity index (χ3v) is 2.77. The molecule has 16 heavy (non-hydrogen) atoms. The molecule has 0 bridgehead atoms. The van der Waals surface area contributed by atoms with Gasteiger partial charge < -0.3 is 15.0 Å². The maximum Gasteiger partial charge on any atom is 0.228 e. The van der Waals surface area contributed by atoms with Crippen LogP contribution in [0.2, 0.25) is 0 Å². The molecule has 1 unspecified atom stereocenters. The summed E-state index contributed by atoms with van der Waals surface area (Å²) in [7, 11) is 1.61. The topological polar surface area (TPSA) is 58.6 Å². The fraction of sp³-hybridized carbons (Fsp3) is 0.818. The third-order valence-electron chi connectivity index (χ3n) is 2.77. The Morgan fingerprint density at radius 1 is 1.62 bits per heavy atom. The molecule has 0 saturated carbocycles. The van der Waals surface area contributed by atoms with Crippen molar-refractivity contribution in [2.45, 2.75) is 26.3 Å². The molecule has 1 aliphatic rings. The summed E-state index contributed by atoms with van der Waals surface area (Å²) in [5.41, 5.74) is 0. The van der Waals surface area contributed by atoms with Crippen molar-refractivity contribution in [3.63, 3.8) is 0 Å². The summed E-state index contributed by atoms with van der Waals surface area (Å²) in [4.78, 5) is 24.9. The maximum absolute atomic E-state index is 12.1. The fourth-order valence-electron chi connectivity index (χ4n) is 1.83. The van der Waals surface area contributed by atoms with E-state index in [2.05, 4.69) is 5.32 Å². The molecule has 2 amide bonds. The Kier molecular flexibility index (Phi) is 4.73. The summed E-state index contributed by atoms with van der Waals surface area (Å²) in [6.07, 6.45) is 0.315. The molecule has 1 N–H and O–H groups in total. The predicted molar refractivity (Wildman–Crippen MR) is 59.8 cm³/mol. The standard InChI is InChI=1S/C11H20N2O3/c1-8(2)13(4-5-16-3)11(15)9-6-10(14)12-7-9/h8-9H,4-7H2,1-3H3,(H,12,14). The first-order valence-electron chi connectivity index (χ1n) is 5.62. The van der Waals surface area contributed by atoms with Gasteiger partial charge in [0, 0.05) is 32.7 Å². The first-order chi connectivity index (χ1) is 7.56. The van der Waals surface area contributed by atoms with Gasteiger partial charge >= 0.3 is 0 Å². The number of ether oxygens (including phenoxy) is 1. The molecule has 5 heteroatoms. The molecule has 0 aromatic rings. The van der Waals surface area contributed by atoms with Crippen molar-refractivity contribution in [2.24, 2.45) is 5.92 Å². The zero-order valence-electron chi connectivity index (χ0n) is 10.2.